The minimum absolute atomic E-state index is 0.0735. The van der Waals surface area contributed by atoms with Gasteiger partial charge in [0.2, 0.25) is 5.91 Å². The van der Waals surface area contributed by atoms with Crippen molar-refractivity contribution in [3.05, 3.63) is 71.4 Å². The highest BCUT2D eigenvalue weighted by atomic mass is 19.4. The lowest BCUT2D eigenvalue weighted by atomic mass is 9.89. The van der Waals surface area contributed by atoms with Crippen LogP contribution in [0.5, 0.6) is 5.75 Å². The molecule has 2 heterocycles. The first-order valence-corrected chi connectivity index (χ1v) is 14.6. The van der Waals surface area contributed by atoms with E-state index in [-0.39, 0.29) is 24.3 Å². The van der Waals surface area contributed by atoms with Gasteiger partial charge in [-0.15, -0.1) is 0 Å². The van der Waals surface area contributed by atoms with Crippen LogP contribution in [0.25, 0.3) is 10.9 Å². The summed E-state index contributed by atoms with van der Waals surface area (Å²) in [5.41, 5.74) is 9.10. The van der Waals surface area contributed by atoms with Gasteiger partial charge in [-0.2, -0.15) is 26.3 Å². The Hall–Kier alpha value is -4.93. The first-order valence-electron chi connectivity index (χ1n) is 14.6. The summed E-state index contributed by atoms with van der Waals surface area (Å²) in [4.78, 5) is 48.8. The van der Waals surface area contributed by atoms with Crippen LogP contribution in [0, 0.1) is 12.8 Å². The number of alkyl halides is 6. The number of rotatable bonds is 9. The van der Waals surface area contributed by atoms with Gasteiger partial charge >= 0.3 is 30.3 Å². The first kappa shape index (κ1) is 40.2. The standard InChI is InChI=1S/C28H33N3O4.2C2HF3O2/c1-18(2)14-22(16-26(32)33)31-13-12-28(29,27(31)34)21-8-10-23(11-9-21)35-17-20-15-19(3)30-25-7-5-4-6-24(20)25;2*3-2(4,5)1(6)7/h4-11,15,18,22H,12-14,16-17,29H2,1-3H3,(H,32,33);2*(H,6,7)/t22-,28?;;/m1../s1. The van der Waals surface area contributed by atoms with Crippen LogP contribution in [0.3, 0.4) is 0 Å². The lowest BCUT2D eigenvalue weighted by Gasteiger charge is -2.30. The number of likely N-dealkylation sites (tertiary alicyclic amines) is 1. The molecule has 1 aromatic heterocycles. The van der Waals surface area contributed by atoms with Crippen molar-refractivity contribution in [2.45, 2.75) is 70.6 Å². The van der Waals surface area contributed by atoms with Crippen molar-refractivity contribution >= 4 is 34.7 Å². The number of nitrogens with zero attached hydrogens (tertiary/aromatic N) is 2. The molecule has 1 amide bonds. The van der Waals surface area contributed by atoms with Crippen LogP contribution in [0.2, 0.25) is 0 Å². The van der Waals surface area contributed by atoms with Gasteiger partial charge in [-0.25, -0.2) is 9.59 Å². The number of ether oxygens (including phenoxy) is 1. The Bertz CT molecular complexity index is 1610. The summed E-state index contributed by atoms with van der Waals surface area (Å²) in [5, 5.41) is 24.7. The molecular weight excluding hydrogens is 668 g/mol. The fourth-order valence-corrected chi connectivity index (χ4v) is 4.97. The highest BCUT2D eigenvalue weighted by molar-refractivity contribution is 5.90. The molecule has 0 spiro atoms. The molecule has 1 aliphatic rings. The summed E-state index contributed by atoms with van der Waals surface area (Å²) in [7, 11) is 0. The van der Waals surface area contributed by atoms with Crippen molar-refractivity contribution < 1.29 is 65.6 Å². The molecule has 0 bridgehead atoms. The minimum Gasteiger partial charge on any atom is -0.489 e. The maximum absolute atomic E-state index is 13.4. The molecule has 268 valence electrons. The SMILES string of the molecule is Cc1cc(COc2ccc(C3(N)CCN([C@@H](CC(=O)O)CC(C)C)C3=O)cc2)c2ccccc2n1.O=C(O)C(F)(F)F.O=C(O)C(F)(F)F. The number of hydrogen-bond acceptors (Lipinski definition) is 7. The third-order valence-electron chi connectivity index (χ3n) is 7.16. The monoisotopic (exact) mass is 703 g/mol. The zero-order valence-electron chi connectivity index (χ0n) is 26.5. The maximum atomic E-state index is 13.4. The normalized spacial score (nSPS) is 16.7. The number of halogens is 6. The Morgan fingerprint density at radius 1 is 0.959 bits per heavy atom. The number of nitrogens with two attached hydrogens (primary N) is 1. The van der Waals surface area contributed by atoms with Crippen LogP contribution >= 0.6 is 0 Å². The van der Waals surface area contributed by atoms with E-state index in [1.54, 1.807) is 4.90 Å². The number of carbonyl (C=O) groups excluding carboxylic acids is 1. The van der Waals surface area contributed by atoms with Gasteiger partial charge < -0.3 is 30.7 Å². The minimum atomic E-state index is -5.08. The van der Waals surface area contributed by atoms with Crippen LogP contribution in [0.1, 0.15) is 49.9 Å². The van der Waals surface area contributed by atoms with Crippen LogP contribution in [-0.4, -0.2) is 74.0 Å². The van der Waals surface area contributed by atoms with E-state index in [9.17, 15) is 41.0 Å². The second kappa shape index (κ2) is 16.5. The molecule has 3 aromatic rings. The van der Waals surface area contributed by atoms with E-state index in [1.165, 1.54) is 0 Å². The van der Waals surface area contributed by atoms with Crippen molar-refractivity contribution in [3.8, 4) is 5.75 Å². The third-order valence-corrected chi connectivity index (χ3v) is 7.16. The summed E-state index contributed by atoms with van der Waals surface area (Å²) in [5.74, 6) is -5.67. The lowest BCUT2D eigenvalue weighted by molar-refractivity contribution is -0.193. The van der Waals surface area contributed by atoms with Gasteiger partial charge in [0.1, 0.15) is 17.9 Å². The van der Waals surface area contributed by atoms with Gasteiger partial charge in [0, 0.05) is 29.2 Å². The van der Waals surface area contributed by atoms with E-state index in [4.69, 9.17) is 30.3 Å². The van der Waals surface area contributed by atoms with Gasteiger partial charge in [0.25, 0.3) is 0 Å². The number of carboxylic acids is 3. The number of carboxylic acid groups (broad SMARTS) is 3. The van der Waals surface area contributed by atoms with Crippen molar-refractivity contribution in [1.82, 2.24) is 9.88 Å². The average molecular weight is 704 g/mol. The molecule has 49 heavy (non-hydrogen) atoms. The number of aryl methyl sites for hydroxylation is 1. The van der Waals surface area contributed by atoms with Crippen molar-refractivity contribution in [1.29, 1.82) is 0 Å². The molecule has 0 radical (unpaired) electrons. The van der Waals surface area contributed by atoms with E-state index in [0.717, 1.165) is 22.2 Å². The van der Waals surface area contributed by atoms with E-state index < -0.39 is 35.8 Å². The molecule has 5 N–H and O–H groups in total. The van der Waals surface area contributed by atoms with E-state index >= 15 is 0 Å². The zero-order chi connectivity index (χ0) is 37.3. The third kappa shape index (κ3) is 11.6. The number of fused-ring (bicyclic) bond motifs is 1. The molecule has 17 heteroatoms. The summed E-state index contributed by atoms with van der Waals surface area (Å²) in [6.07, 6.45) is -9.16. The molecule has 2 atom stereocenters. The number of para-hydroxylation sites is 1. The quantitative estimate of drug-likeness (QED) is 0.203. The maximum Gasteiger partial charge on any atom is 0.490 e. The molecule has 1 unspecified atom stereocenters. The second-order valence-corrected chi connectivity index (χ2v) is 11.5. The van der Waals surface area contributed by atoms with Gasteiger partial charge in [0.05, 0.1) is 11.9 Å². The molecule has 2 aromatic carbocycles. The highest BCUT2D eigenvalue weighted by Crippen LogP contribution is 2.35. The topological polar surface area (TPSA) is 180 Å². The fourth-order valence-electron chi connectivity index (χ4n) is 4.97. The van der Waals surface area contributed by atoms with Gasteiger partial charge in [-0.3, -0.25) is 14.6 Å². The van der Waals surface area contributed by atoms with Crippen molar-refractivity contribution in [2.75, 3.05) is 6.54 Å². The molecular formula is C32H35F6N3O8. The van der Waals surface area contributed by atoms with E-state index in [1.807, 2.05) is 75.4 Å². The van der Waals surface area contributed by atoms with Crippen molar-refractivity contribution in [2.24, 2.45) is 11.7 Å². The largest absolute Gasteiger partial charge is 0.490 e. The van der Waals surface area contributed by atoms with Gasteiger partial charge in [0.15, 0.2) is 0 Å². The number of amides is 1. The Morgan fingerprint density at radius 2 is 1.49 bits per heavy atom. The number of aliphatic carboxylic acids is 3. The zero-order valence-corrected chi connectivity index (χ0v) is 26.5. The molecule has 0 aliphatic carbocycles. The van der Waals surface area contributed by atoms with E-state index in [0.29, 0.717) is 37.3 Å². The van der Waals surface area contributed by atoms with Crippen LogP contribution in [-0.2, 0) is 31.3 Å². The smallest absolute Gasteiger partial charge is 0.489 e. The predicted molar refractivity (Wildman–Crippen MR) is 162 cm³/mol. The Morgan fingerprint density at radius 3 is 1.98 bits per heavy atom. The average Bonchev–Trinajstić information content (AvgIpc) is 3.29. The number of aromatic nitrogens is 1. The number of benzene rings is 2. The van der Waals surface area contributed by atoms with E-state index in [2.05, 4.69) is 4.98 Å². The Kier molecular flexibility index (Phi) is 13.5. The molecule has 0 saturated carbocycles. The predicted octanol–water partition coefficient (Wildman–Crippen LogP) is 5.66. The number of carbonyl (C=O) groups is 4. The van der Waals surface area contributed by atoms with Gasteiger partial charge in [-0.05, 0) is 55.5 Å². The summed E-state index contributed by atoms with van der Waals surface area (Å²) >= 11 is 0. The van der Waals surface area contributed by atoms with Crippen LogP contribution in [0.15, 0.2) is 54.6 Å². The summed E-state index contributed by atoms with van der Waals surface area (Å²) in [6.45, 7) is 6.87. The lowest BCUT2D eigenvalue weighted by Crippen LogP contribution is -2.48. The highest BCUT2D eigenvalue weighted by Gasteiger charge is 2.47. The van der Waals surface area contributed by atoms with Crippen LogP contribution in [0.4, 0.5) is 26.3 Å². The molecule has 1 aliphatic heterocycles. The second-order valence-electron chi connectivity index (χ2n) is 11.5. The Balaban J connectivity index is 0.000000500. The fraction of sp³-hybridized carbons (Fsp3) is 0.406. The molecule has 1 saturated heterocycles. The van der Waals surface area contributed by atoms with Crippen molar-refractivity contribution in [3.63, 3.8) is 0 Å². The summed E-state index contributed by atoms with van der Waals surface area (Å²) in [6, 6.07) is 17.0. The molecule has 1 fully saturated rings. The number of hydrogen-bond donors (Lipinski definition) is 4. The Labute approximate surface area is 276 Å². The summed E-state index contributed by atoms with van der Waals surface area (Å²) < 4.78 is 69.5. The molecule has 4 rings (SSSR count). The number of pyridine rings is 1. The first-order chi connectivity index (χ1) is 22.6. The molecule has 11 nitrogen and oxygen atoms in total. The van der Waals surface area contributed by atoms with Gasteiger partial charge in [-0.1, -0.05) is 44.2 Å². The van der Waals surface area contributed by atoms with Crippen LogP contribution < -0.4 is 10.5 Å².